The van der Waals surface area contributed by atoms with Crippen LogP contribution in [0.25, 0.3) is 0 Å². The number of nitrogens with one attached hydrogen (secondary N) is 1. The molecule has 0 bridgehead atoms. The lowest BCUT2D eigenvalue weighted by molar-refractivity contribution is -0.141. The van der Waals surface area contributed by atoms with Gasteiger partial charge < -0.3 is 11.1 Å². The summed E-state index contributed by atoms with van der Waals surface area (Å²) < 4.78 is 37.9. The molecule has 0 amide bonds. The van der Waals surface area contributed by atoms with Crippen molar-refractivity contribution in [3.8, 4) is 0 Å². The van der Waals surface area contributed by atoms with Crippen molar-refractivity contribution >= 4 is 23.1 Å². The van der Waals surface area contributed by atoms with Gasteiger partial charge >= 0.3 is 6.18 Å². The Kier molecular flexibility index (Phi) is 4.67. The highest BCUT2D eigenvalue weighted by molar-refractivity contribution is 7.99. The van der Waals surface area contributed by atoms with Gasteiger partial charge in [0.25, 0.3) is 0 Å². The third-order valence-corrected chi connectivity index (χ3v) is 4.73. The molecule has 0 aromatic carbocycles. The largest absolute Gasteiger partial charge is 0.433 e. The van der Waals surface area contributed by atoms with E-state index in [1.807, 2.05) is 11.8 Å². The Balaban J connectivity index is 2.06. The summed E-state index contributed by atoms with van der Waals surface area (Å²) >= 11 is 1.85. The molecule has 1 aromatic rings. The summed E-state index contributed by atoms with van der Waals surface area (Å²) in [7, 11) is 0. The highest BCUT2D eigenvalue weighted by atomic mass is 32.2. The van der Waals surface area contributed by atoms with E-state index in [1.165, 1.54) is 0 Å². The number of halogens is 3. The van der Waals surface area contributed by atoms with E-state index in [2.05, 4.69) is 16.6 Å². The summed E-state index contributed by atoms with van der Waals surface area (Å²) in [4.78, 5) is 3.34. The molecule has 112 valence electrons. The zero-order valence-electron chi connectivity index (χ0n) is 11.2. The van der Waals surface area contributed by atoms with Gasteiger partial charge in [-0.2, -0.15) is 24.9 Å². The molecule has 1 aliphatic rings. The van der Waals surface area contributed by atoms with Crippen LogP contribution in [0.15, 0.2) is 12.3 Å². The minimum absolute atomic E-state index is 0.184. The average Bonchev–Trinajstić information content (AvgIpc) is 2.41. The van der Waals surface area contributed by atoms with Crippen LogP contribution < -0.4 is 11.1 Å². The van der Waals surface area contributed by atoms with E-state index < -0.39 is 11.9 Å². The van der Waals surface area contributed by atoms with Gasteiger partial charge in [-0.25, -0.2) is 4.98 Å². The Labute approximate surface area is 120 Å². The molecule has 3 nitrogen and oxygen atoms in total. The van der Waals surface area contributed by atoms with E-state index in [9.17, 15) is 13.2 Å². The van der Waals surface area contributed by atoms with Crippen molar-refractivity contribution in [1.82, 2.24) is 4.98 Å². The van der Waals surface area contributed by atoms with Crippen LogP contribution in [0.3, 0.4) is 0 Å². The lowest BCUT2D eigenvalue weighted by atomic mass is 9.94. The molecule has 0 atom stereocenters. The topological polar surface area (TPSA) is 50.9 Å². The van der Waals surface area contributed by atoms with Crippen LogP contribution in [0, 0.1) is 0 Å². The fraction of sp³-hybridized carbons (Fsp3) is 0.615. The summed E-state index contributed by atoms with van der Waals surface area (Å²) in [5.74, 6) is 0. The van der Waals surface area contributed by atoms with Crippen LogP contribution in [0.4, 0.5) is 24.5 Å². The van der Waals surface area contributed by atoms with Crippen LogP contribution >= 0.6 is 11.8 Å². The number of hydrogen-bond acceptors (Lipinski definition) is 4. The van der Waals surface area contributed by atoms with Crippen molar-refractivity contribution in [2.45, 2.75) is 43.2 Å². The molecule has 0 unspecified atom stereocenters. The molecule has 20 heavy (non-hydrogen) atoms. The number of thioether (sulfide) groups is 1. The first-order chi connectivity index (χ1) is 9.40. The monoisotopic (exact) mass is 305 g/mol. The molecule has 0 saturated heterocycles. The van der Waals surface area contributed by atoms with Crippen molar-refractivity contribution in [1.29, 1.82) is 0 Å². The van der Waals surface area contributed by atoms with Gasteiger partial charge in [0.2, 0.25) is 0 Å². The maximum Gasteiger partial charge on any atom is 0.433 e. The maximum absolute atomic E-state index is 12.6. The molecule has 0 radical (unpaired) electrons. The average molecular weight is 305 g/mol. The third kappa shape index (κ3) is 3.71. The Bertz CT molecular complexity index is 457. The predicted molar refractivity (Wildman–Crippen MR) is 76.8 cm³/mol. The first-order valence-corrected chi connectivity index (χ1v) is 7.81. The van der Waals surface area contributed by atoms with Gasteiger partial charge in [-0.15, -0.1) is 0 Å². The lowest BCUT2D eigenvalue weighted by Crippen LogP contribution is -2.27. The standard InChI is InChI=1S/C13H18F3N3S/c1-20-9-4-2-8(3-5-9)19-11-6-12(13(14,15)16)18-7-10(11)17/h6-9H,2-5,17H2,1H3,(H,18,19). The van der Waals surface area contributed by atoms with Crippen molar-refractivity contribution in [3.05, 3.63) is 18.0 Å². The van der Waals surface area contributed by atoms with Gasteiger partial charge in [0.05, 0.1) is 17.6 Å². The number of alkyl halides is 3. The molecule has 2 rings (SSSR count). The Hall–Kier alpha value is -1.11. The van der Waals surface area contributed by atoms with E-state index in [1.54, 1.807) is 0 Å². The zero-order chi connectivity index (χ0) is 14.8. The lowest BCUT2D eigenvalue weighted by Gasteiger charge is -2.29. The molecule has 1 aromatic heterocycles. The van der Waals surface area contributed by atoms with Gasteiger partial charge in [-0.05, 0) is 38.0 Å². The molecule has 3 N–H and O–H groups in total. The molecular weight excluding hydrogens is 287 g/mol. The maximum atomic E-state index is 12.6. The smallest absolute Gasteiger partial charge is 0.396 e. The summed E-state index contributed by atoms with van der Waals surface area (Å²) in [6.07, 6.45) is 2.78. The second-order valence-electron chi connectivity index (χ2n) is 5.01. The molecule has 1 fully saturated rings. The molecule has 7 heteroatoms. The highest BCUT2D eigenvalue weighted by Crippen LogP contribution is 2.33. The van der Waals surface area contributed by atoms with E-state index in [4.69, 9.17) is 5.73 Å². The van der Waals surface area contributed by atoms with E-state index in [-0.39, 0.29) is 11.7 Å². The van der Waals surface area contributed by atoms with Crippen LogP contribution in [0.2, 0.25) is 0 Å². The van der Waals surface area contributed by atoms with Crippen molar-refractivity contribution in [2.75, 3.05) is 17.3 Å². The molecule has 0 spiro atoms. The molecule has 0 aliphatic heterocycles. The van der Waals surface area contributed by atoms with E-state index >= 15 is 0 Å². The minimum atomic E-state index is -4.44. The summed E-state index contributed by atoms with van der Waals surface area (Å²) in [5, 5.41) is 3.79. The van der Waals surface area contributed by atoms with Gasteiger partial charge in [0.15, 0.2) is 0 Å². The summed E-state index contributed by atoms with van der Waals surface area (Å²) in [6.45, 7) is 0. The van der Waals surface area contributed by atoms with Crippen molar-refractivity contribution in [3.63, 3.8) is 0 Å². The third-order valence-electron chi connectivity index (χ3n) is 3.59. The molecule has 1 saturated carbocycles. The van der Waals surface area contributed by atoms with Gasteiger partial charge in [0, 0.05) is 11.3 Å². The quantitative estimate of drug-likeness (QED) is 0.892. The van der Waals surface area contributed by atoms with E-state index in [0.717, 1.165) is 37.9 Å². The second kappa shape index (κ2) is 6.11. The predicted octanol–water partition coefficient (Wildman–Crippen LogP) is 3.77. The number of aromatic nitrogens is 1. The summed E-state index contributed by atoms with van der Waals surface area (Å²) in [5.41, 5.74) is 5.38. The number of anilines is 2. The number of nitrogen functional groups attached to an aromatic ring is 1. The Morgan fingerprint density at radius 3 is 2.50 bits per heavy atom. The first-order valence-electron chi connectivity index (χ1n) is 6.52. The number of nitrogens with two attached hydrogens (primary N) is 1. The normalized spacial score (nSPS) is 23.6. The van der Waals surface area contributed by atoms with Crippen LogP contribution in [0.1, 0.15) is 31.4 Å². The molecular formula is C13H18F3N3S. The zero-order valence-corrected chi connectivity index (χ0v) is 12.0. The van der Waals surface area contributed by atoms with Crippen molar-refractivity contribution < 1.29 is 13.2 Å². The highest BCUT2D eigenvalue weighted by Gasteiger charge is 2.33. The minimum Gasteiger partial charge on any atom is -0.396 e. The molecule has 1 aliphatic carbocycles. The Morgan fingerprint density at radius 2 is 1.95 bits per heavy atom. The van der Waals surface area contributed by atoms with Gasteiger partial charge in [-0.3, -0.25) is 0 Å². The SMILES string of the molecule is CSC1CCC(Nc2cc(C(F)(F)F)ncc2N)CC1. The van der Waals surface area contributed by atoms with Gasteiger partial charge in [-0.1, -0.05) is 0 Å². The van der Waals surface area contributed by atoms with Crippen molar-refractivity contribution in [2.24, 2.45) is 0 Å². The van der Waals surface area contributed by atoms with Crippen LogP contribution in [-0.2, 0) is 6.18 Å². The Morgan fingerprint density at radius 1 is 1.30 bits per heavy atom. The van der Waals surface area contributed by atoms with Crippen LogP contribution in [0.5, 0.6) is 0 Å². The van der Waals surface area contributed by atoms with Gasteiger partial charge in [0.1, 0.15) is 5.69 Å². The molecule has 1 heterocycles. The number of hydrogen-bond donors (Lipinski definition) is 2. The second-order valence-corrected chi connectivity index (χ2v) is 6.15. The number of nitrogens with zero attached hydrogens (tertiary/aromatic N) is 1. The fourth-order valence-corrected chi connectivity index (χ4v) is 3.15. The van der Waals surface area contributed by atoms with Crippen LogP contribution in [-0.4, -0.2) is 22.5 Å². The number of pyridine rings is 1. The number of rotatable bonds is 3. The first kappa shape index (κ1) is 15.3. The summed E-state index contributed by atoms with van der Waals surface area (Å²) in [6, 6.07) is 1.18. The fourth-order valence-electron chi connectivity index (χ4n) is 2.41. The van der Waals surface area contributed by atoms with E-state index in [0.29, 0.717) is 10.9 Å².